The number of halogens is 1. The second-order valence-corrected chi connectivity index (χ2v) is 5.88. The molecule has 0 aliphatic rings. The summed E-state index contributed by atoms with van der Waals surface area (Å²) >= 11 is 3.37. The summed E-state index contributed by atoms with van der Waals surface area (Å²) in [5.41, 5.74) is 2.06. The van der Waals surface area contributed by atoms with Crippen molar-refractivity contribution in [1.82, 2.24) is 15.0 Å². The minimum atomic E-state index is -0.289. The zero-order valence-corrected chi connectivity index (χ0v) is 14.2. The Bertz CT molecular complexity index is 841. The number of hydrogen-bond donors (Lipinski definition) is 2. The van der Waals surface area contributed by atoms with Gasteiger partial charge in [0.25, 0.3) is 5.91 Å². The summed E-state index contributed by atoms with van der Waals surface area (Å²) in [5.74, 6) is 0.295. The highest BCUT2D eigenvalue weighted by molar-refractivity contribution is 9.10. The molecule has 0 unspecified atom stereocenters. The van der Waals surface area contributed by atoms with Crippen molar-refractivity contribution in [3.8, 4) is 0 Å². The van der Waals surface area contributed by atoms with Crippen LogP contribution in [0.1, 0.15) is 16.1 Å². The summed E-state index contributed by atoms with van der Waals surface area (Å²) in [7, 11) is 0. The number of nitrogens with one attached hydrogen (secondary N) is 2. The number of rotatable bonds is 5. The molecule has 2 heterocycles. The Morgan fingerprint density at radius 1 is 1.08 bits per heavy atom. The van der Waals surface area contributed by atoms with E-state index in [2.05, 4.69) is 41.5 Å². The van der Waals surface area contributed by atoms with E-state index in [9.17, 15) is 4.79 Å². The van der Waals surface area contributed by atoms with Gasteiger partial charge in [-0.3, -0.25) is 9.78 Å². The monoisotopic (exact) mass is 383 g/mol. The molecule has 0 saturated carbocycles. The number of benzene rings is 1. The fourth-order valence-corrected chi connectivity index (χ4v) is 2.43. The van der Waals surface area contributed by atoms with E-state index in [4.69, 9.17) is 0 Å². The third-order valence-corrected chi connectivity index (χ3v) is 3.70. The van der Waals surface area contributed by atoms with E-state index in [0.29, 0.717) is 23.7 Å². The van der Waals surface area contributed by atoms with Crippen molar-refractivity contribution in [2.45, 2.75) is 6.54 Å². The predicted molar refractivity (Wildman–Crippen MR) is 95.7 cm³/mol. The van der Waals surface area contributed by atoms with Gasteiger partial charge in [0.05, 0.1) is 0 Å². The van der Waals surface area contributed by atoms with Crippen molar-refractivity contribution < 1.29 is 4.79 Å². The van der Waals surface area contributed by atoms with Gasteiger partial charge in [-0.25, -0.2) is 9.97 Å². The molecule has 0 aliphatic heterocycles. The van der Waals surface area contributed by atoms with Crippen LogP contribution in [0.3, 0.4) is 0 Å². The number of aromatic nitrogens is 3. The molecular weight excluding hydrogens is 370 g/mol. The molecule has 0 atom stereocenters. The summed E-state index contributed by atoms with van der Waals surface area (Å²) in [5, 5.41) is 5.97. The van der Waals surface area contributed by atoms with E-state index < -0.39 is 0 Å². The van der Waals surface area contributed by atoms with Crippen molar-refractivity contribution in [3.05, 3.63) is 76.9 Å². The van der Waals surface area contributed by atoms with Crippen LogP contribution in [0, 0.1) is 0 Å². The lowest BCUT2D eigenvalue weighted by Crippen LogP contribution is -2.14. The van der Waals surface area contributed by atoms with E-state index in [1.165, 1.54) is 6.33 Å². The van der Waals surface area contributed by atoms with Gasteiger partial charge in [0.1, 0.15) is 17.8 Å². The Labute approximate surface area is 147 Å². The second kappa shape index (κ2) is 7.65. The number of pyridine rings is 1. The van der Waals surface area contributed by atoms with Crippen LogP contribution in [-0.4, -0.2) is 20.9 Å². The van der Waals surface area contributed by atoms with Gasteiger partial charge in [-0.2, -0.15) is 0 Å². The number of amides is 1. The van der Waals surface area contributed by atoms with Gasteiger partial charge in [-0.1, -0.05) is 22.0 Å². The zero-order valence-electron chi connectivity index (χ0n) is 12.6. The molecule has 0 saturated heterocycles. The maximum atomic E-state index is 12.3. The molecule has 2 N–H and O–H groups in total. The Balaban J connectivity index is 1.67. The molecule has 2 aromatic heterocycles. The van der Waals surface area contributed by atoms with Crippen molar-refractivity contribution >= 4 is 33.3 Å². The molecule has 1 aromatic carbocycles. The SMILES string of the molecule is O=C(Nc1cccc(Br)c1)c1cc(NCc2ccncc2)ncn1. The first-order valence-corrected chi connectivity index (χ1v) is 8.02. The van der Waals surface area contributed by atoms with Crippen LogP contribution in [0.5, 0.6) is 0 Å². The smallest absolute Gasteiger partial charge is 0.274 e. The largest absolute Gasteiger partial charge is 0.366 e. The van der Waals surface area contributed by atoms with E-state index in [-0.39, 0.29) is 5.91 Å². The number of anilines is 2. The minimum Gasteiger partial charge on any atom is -0.366 e. The summed E-state index contributed by atoms with van der Waals surface area (Å²) in [4.78, 5) is 24.4. The van der Waals surface area contributed by atoms with Crippen molar-refractivity contribution in [2.24, 2.45) is 0 Å². The molecule has 3 aromatic rings. The average molecular weight is 384 g/mol. The fraction of sp³-hybridized carbons (Fsp3) is 0.0588. The Morgan fingerprint density at radius 3 is 2.71 bits per heavy atom. The Hall–Kier alpha value is -2.80. The predicted octanol–water partition coefficient (Wildman–Crippen LogP) is 3.50. The van der Waals surface area contributed by atoms with Gasteiger partial charge in [0.2, 0.25) is 0 Å². The zero-order chi connectivity index (χ0) is 16.8. The van der Waals surface area contributed by atoms with Crippen LogP contribution in [0.4, 0.5) is 11.5 Å². The summed E-state index contributed by atoms with van der Waals surface area (Å²) < 4.78 is 0.891. The van der Waals surface area contributed by atoms with Gasteiger partial charge >= 0.3 is 0 Å². The molecule has 6 nitrogen and oxygen atoms in total. The highest BCUT2D eigenvalue weighted by Gasteiger charge is 2.09. The van der Waals surface area contributed by atoms with E-state index >= 15 is 0 Å². The lowest BCUT2D eigenvalue weighted by Gasteiger charge is -2.08. The Morgan fingerprint density at radius 2 is 1.92 bits per heavy atom. The molecule has 0 aliphatic carbocycles. The quantitative estimate of drug-likeness (QED) is 0.704. The van der Waals surface area contributed by atoms with E-state index in [1.54, 1.807) is 18.5 Å². The second-order valence-electron chi connectivity index (χ2n) is 4.96. The molecule has 0 spiro atoms. The third-order valence-electron chi connectivity index (χ3n) is 3.21. The van der Waals surface area contributed by atoms with Crippen LogP contribution in [-0.2, 0) is 6.54 Å². The molecule has 1 amide bonds. The molecule has 24 heavy (non-hydrogen) atoms. The van der Waals surface area contributed by atoms with Crippen LogP contribution >= 0.6 is 15.9 Å². The molecule has 0 fully saturated rings. The molecule has 3 rings (SSSR count). The van der Waals surface area contributed by atoms with Gasteiger partial charge in [0.15, 0.2) is 0 Å². The van der Waals surface area contributed by atoms with Crippen LogP contribution in [0.25, 0.3) is 0 Å². The molecular formula is C17H14BrN5O. The molecule has 120 valence electrons. The summed E-state index contributed by atoms with van der Waals surface area (Å²) in [6.45, 7) is 0.590. The van der Waals surface area contributed by atoms with Crippen molar-refractivity contribution in [2.75, 3.05) is 10.6 Å². The third kappa shape index (κ3) is 4.36. The maximum Gasteiger partial charge on any atom is 0.274 e. The number of carbonyl (C=O) groups is 1. The lowest BCUT2D eigenvalue weighted by atomic mass is 10.2. The molecule has 0 radical (unpaired) electrons. The number of hydrogen-bond acceptors (Lipinski definition) is 5. The standard InChI is InChI=1S/C17H14BrN5O/c18-13-2-1-3-14(8-13)23-17(24)15-9-16(22-11-21-15)20-10-12-4-6-19-7-5-12/h1-9,11H,10H2,(H,23,24)(H,20,21,22). The maximum absolute atomic E-state index is 12.3. The van der Waals surface area contributed by atoms with Crippen molar-refractivity contribution in [1.29, 1.82) is 0 Å². The normalized spacial score (nSPS) is 10.2. The highest BCUT2D eigenvalue weighted by atomic mass is 79.9. The minimum absolute atomic E-state index is 0.289. The number of nitrogens with zero attached hydrogens (tertiary/aromatic N) is 3. The van der Waals surface area contributed by atoms with Gasteiger partial charge < -0.3 is 10.6 Å². The van der Waals surface area contributed by atoms with Gasteiger partial charge in [0, 0.05) is 35.2 Å². The molecule has 0 bridgehead atoms. The Kier molecular flexibility index (Phi) is 5.12. The fourth-order valence-electron chi connectivity index (χ4n) is 2.03. The first-order chi connectivity index (χ1) is 11.7. The van der Waals surface area contributed by atoms with Crippen LogP contribution in [0.2, 0.25) is 0 Å². The average Bonchev–Trinajstić information content (AvgIpc) is 2.61. The summed E-state index contributed by atoms with van der Waals surface area (Å²) in [6.07, 6.45) is 4.83. The van der Waals surface area contributed by atoms with Gasteiger partial charge in [-0.05, 0) is 35.9 Å². The summed E-state index contributed by atoms with van der Waals surface area (Å²) in [6, 6.07) is 12.8. The van der Waals surface area contributed by atoms with Gasteiger partial charge in [-0.15, -0.1) is 0 Å². The van der Waals surface area contributed by atoms with Crippen LogP contribution in [0.15, 0.2) is 65.7 Å². The lowest BCUT2D eigenvalue weighted by molar-refractivity contribution is 0.102. The van der Waals surface area contributed by atoms with Crippen LogP contribution < -0.4 is 10.6 Å². The van der Waals surface area contributed by atoms with E-state index in [1.807, 2.05) is 36.4 Å². The van der Waals surface area contributed by atoms with Crippen molar-refractivity contribution in [3.63, 3.8) is 0 Å². The molecule has 7 heteroatoms. The van der Waals surface area contributed by atoms with E-state index in [0.717, 1.165) is 10.0 Å². The first-order valence-electron chi connectivity index (χ1n) is 7.22. The topological polar surface area (TPSA) is 79.8 Å². The highest BCUT2D eigenvalue weighted by Crippen LogP contribution is 2.16. The number of carbonyl (C=O) groups excluding carboxylic acids is 1. The first kappa shape index (κ1) is 16.1.